The van der Waals surface area contributed by atoms with Gasteiger partial charge in [0, 0.05) is 29.4 Å². The van der Waals surface area contributed by atoms with Crippen LogP contribution in [0.15, 0.2) is 186 Å². The molecule has 236 valence electrons. The average Bonchev–Trinajstić information content (AvgIpc) is 3.50. The molecule has 0 aromatic heterocycles. The van der Waals surface area contributed by atoms with Crippen LogP contribution in [0.2, 0.25) is 0 Å². The number of hydrogen-bond donors (Lipinski definition) is 0. The van der Waals surface area contributed by atoms with Crippen LogP contribution in [0.25, 0.3) is 16.3 Å². The van der Waals surface area contributed by atoms with Gasteiger partial charge in [-0.2, -0.15) is 0 Å². The lowest BCUT2D eigenvalue weighted by Gasteiger charge is -2.41. The van der Waals surface area contributed by atoms with E-state index in [2.05, 4.69) is 168 Å². The molecule has 2 heteroatoms. The van der Waals surface area contributed by atoms with Crippen molar-refractivity contribution in [2.75, 3.05) is 4.90 Å². The van der Waals surface area contributed by atoms with Gasteiger partial charge in [-0.05, 0) is 95.0 Å². The number of allylic oxidation sites excluding steroid dienone is 13. The van der Waals surface area contributed by atoms with Crippen LogP contribution < -0.4 is 4.90 Å². The van der Waals surface area contributed by atoms with Crippen LogP contribution in [0.3, 0.4) is 0 Å². The molecule has 0 spiro atoms. The van der Waals surface area contributed by atoms with Crippen LogP contribution in [0.5, 0.6) is 0 Å². The Kier molecular flexibility index (Phi) is 7.58. The molecule has 1 aliphatic heterocycles. The lowest BCUT2D eigenvalue weighted by Crippen LogP contribution is -2.41. The van der Waals surface area contributed by atoms with Gasteiger partial charge in [0.1, 0.15) is 0 Å². The molecular weight excluding hydrogens is 581 g/mol. The molecular formula is C46H42N2. The largest absolute Gasteiger partial charge is 0.357 e. The molecule has 0 bridgehead atoms. The topological polar surface area (TPSA) is 6.48 Å². The summed E-state index contributed by atoms with van der Waals surface area (Å²) in [4.78, 5) is 5.39. The zero-order chi connectivity index (χ0) is 31.9. The van der Waals surface area contributed by atoms with Gasteiger partial charge in [-0.3, -0.25) is 0 Å². The van der Waals surface area contributed by atoms with Gasteiger partial charge in [0.25, 0.3) is 0 Å². The van der Waals surface area contributed by atoms with Crippen molar-refractivity contribution in [3.05, 3.63) is 192 Å². The third kappa shape index (κ3) is 5.30. The van der Waals surface area contributed by atoms with Crippen LogP contribution in [0, 0.1) is 5.92 Å². The fourth-order valence-electron chi connectivity index (χ4n) is 8.63. The third-order valence-electron chi connectivity index (χ3n) is 11.0. The molecule has 0 radical (unpaired) electrons. The summed E-state index contributed by atoms with van der Waals surface area (Å²) in [5, 5.41) is 2.60. The van der Waals surface area contributed by atoms with Gasteiger partial charge >= 0.3 is 0 Å². The normalized spacial score (nSPS) is 25.8. The first-order valence-corrected chi connectivity index (χ1v) is 17.8. The van der Waals surface area contributed by atoms with Gasteiger partial charge in [0.2, 0.25) is 0 Å². The second kappa shape index (κ2) is 12.5. The minimum Gasteiger partial charge on any atom is -0.357 e. The maximum absolute atomic E-state index is 2.73. The van der Waals surface area contributed by atoms with E-state index in [1.165, 1.54) is 55.7 Å². The number of rotatable bonds is 6. The lowest BCUT2D eigenvalue weighted by molar-refractivity contribution is 0.349. The summed E-state index contributed by atoms with van der Waals surface area (Å²) in [5.74, 6) is 0.464. The molecule has 4 unspecified atom stereocenters. The predicted molar refractivity (Wildman–Crippen MR) is 202 cm³/mol. The zero-order valence-electron chi connectivity index (χ0n) is 27.5. The summed E-state index contributed by atoms with van der Waals surface area (Å²) >= 11 is 0. The number of fused-ring (bicyclic) bond motifs is 4. The van der Waals surface area contributed by atoms with Crippen molar-refractivity contribution in [2.24, 2.45) is 5.92 Å². The SMILES string of the molecule is C1=CCC2C(=C1)C1=CC=C(N(C3=CCC(C4=CCCC=C4)C=C3)C3C=CC(c4ccccc4)=CC3)CC1N2c1ccc2ccccc2c1. The number of benzene rings is 3. The minimum atomic E-state index is 0.263. The first-order valence-electron chi connectivity index (χ1n) is 17.8. The molecule has 1 heterocycles. The maximum atomic E-state index is 2.73. The van der Waals surface area contributed by atoms with Crippen LogP contribution in [0.4, 0.5) is 5.69 Å². The van der Waals surface area contributed by atoms with Gasteiger partial charge in [0.15, 0.2) is 0 Å². The highest BCUT2D eigenvalue weighted by atomic mass is 15.2. The van der Waals surface area contributed by atoms with Gasteiger partial charge in [-0.15, -0.1) is 0 Å². The van der Waals surface area contributed by atoms with Crippen molar-refractivity contribution in [1.82, 2.24) is 4.90 Å². The first-order chi connectivity index (χ1) is 23.8. The summed E-state index contributed by atoms with van der Waals surface area (Å²) in [5.41, 5.74) is 11.1. The summed E-state index contributed by atoms with van der Waals surface area (Å²) in [6.07, 6.45) is 39.9. The minimum absolute atomic E-state index is 0.263. The highest BCUT2D eigenvalue weighted by Gasteiger charge is 2.43. The zero-order valence-corrected chi connectivity index (χ0v) is 27.5. The van der Waals surface area contributed by atoms with E-state index >= 15 is 0 Å². The van der Waals surface area contributed by atoms with Crippen molar-refractivity contribution >= 4 is 22.0 Å². The smallest absolute Gasteiger partial charge is 0.0607 e. The van der Waals surface area contributed by atoms with E-state index in [-0.39, 0.29) is 6.04 Å². The van der Waals surface area contributed by atoms with Crippen molar-refractivity contribution in [3.8, 4) is 0 Å². The Morgan fingerprint density at radius 3 is 2.33 bits per heavy atom. The molecule has 1 fully saturated rings. The molecule has 5 aliphatic carbocycles. The summed E-state index contributed by atoms with van der Waals surface area (Å²) < 4.78 is 0. The molecule has 4 atom stereocenters. The lowest BCUT2D eigenvalue weighted by atomic mass is 9.86. The van der Waals surface area contributed by atoms with Crippen molar-refractivity contribution in [1.29, 1.82) is 0 Å². The Bertz CT molecular complexity index is 2060. The van der Waals surface area contributed by atoms with Crippen LogP contribution in [-0.4, -0.2) is 23.0 Å². The Balaban J connectivity index is 1.07. The predicted octanol–water partition coefficient (Wildman–Crippen LogP) is 10.9. The van der Waals surface area contributed by atoms with Crippen molar-refractivity contribution < 1.29 is 0 Å². The van der Waals surface area contributed by atoms with Gasteiger partial charge in [-0.25, -0.2) is 0 Å². The molecule has 3 aromatic rings. The highest BCUT2D eigenvalue weighted by Crippen LogP contribution is 2.47. The second-order valence-electron chi connectivity index (χ2n) is 13.8. The van der Waals surface area contributed by atoms with E-state index in [0.29, 0.717) is 18.0 Å². The number of anilines is 1. The van der Waals surface area contributed by atoms with Crippen LogP contribution in [-0.2, 0) is 0 Å². The van der Waals surface area contributed by atoms with Crippen molar-refractivity contribution in [3.63, 3.8) is 0 Å². The van der Waals surface area contributed by atoms with Gasteiger partial charge < -0.3 is 9.80 Å². The van der Waals surface area contributed by atoms with Crippen molar-refractivity contribution in [2.45, 2.75) is 56.7 Å². The van der Waals surface area contributed by atoms with Gasteiger partial charge in [0.05, 0.1) is 18.1 Å². The van der Waals surface area contributed by atoms with E-state index in [4.69, 9.17) is 0 Å². The van der Waals surface area contributed by atoms with E-state index in [1.807, 2.05) is 0 Å². The standard InChI is InChI=1S/C46H42N2/c1-3-11-33(12-4-1)36-19-24-39(25-20-36)47(40-26-21-37(22-27-40)34-13-5-2-6-14-34)42-29-30-44-43-17-9-10-18-45(43)48(46(44)32-42)41-28-23-35-15-7-8-16-38(35)31-41/h1,3-5,7-17,19-21,23-24,26-31,37,39,45-46H,2,6,18,22,25,32H2. The summed E-state index contributed by atoms with van der Waals surface area (Å²) in [6, 6.07) is 27.5. The van der Waals surface area contributed by atoms with Crippen LogP contribution >= 0.6 is 0 Å². The molecule has 0 N–H and O–H groups in total. The second-order valence-corrected chi connectivity index (χ2v) is 13.8. The van der Waals surface area contributed by atoms with E-state index in [1.54, 1.807) is 0 Å². The third-order valence-corrected chi connectivity index (χ3v) is 11.0. The quantitative estimate of drug-likeness (QED) is 0.270. The molecule has 0 amide bonds. The highest BCUT2D eigenvalue weighted by molar-refractivity contribution is 5.86. The maximum Gasteiger partial charge on any atom is 0.0607 e. The molecule has 2 nitrogen and oxygen atoms in total. The first kappa shape index (κ1) is 29.1. The van der Waals surface area contributed by atoms with E-state index < -0.39 is 0 Å². The summed E-state index contributed by atoms with van der Waals surface area (Å²) in [7, 11) is 0. The number of nitrogens with zero attached hydrogens (tertiary/aromatic N) is 2. The Morgan fingerprint density at radius 1 is 0.646 bits per heavy atom. The Hall–Kier alpha value is -5.08. The number of hydrogen-bond acceptors (Lipinski definition) is 2. The fourth-order valence-corrected chi connectivity index (χ4v) is 8.63. The van der Waals surface area contributed by atoms with Crippen LogP contribution in [0.1, 0.15) is 44.1 Å². The molecule has 0 saturated carbocycles. The molecule has 48 heavy (non-hydrogen) atoms. The average molecular weight is 623 g/mol. The molecule has 3 aromatic carbocycles. The molecule has 1 saturated heterocycles. The summed E-state index contributed by atoms with van der Waals surface area (Å²) in [6.45, 7) is 0. The Labute approximate surface area is 285 Å². The van der Waals surface area contributed by atoms with E-state index in [9.17, 15) is 0 Å². The van der Waals surface area contributed by atoms with Gasteiger partial charge in [-0.1, -0.05) is 134 Å². The molecule has 9 rings (SSSR count). The molecule has 6 aliphatic rings. The Morgan fingerprint density at radius 2 is 1.52 bits per heavy atom. The monoisotopic (exact) mass is 622 g/mol. The van der Waals surface area contributed by atoms with E-state index in [0.717, 1.165) is 38.5 Å². The fraction of sp³-hybridized carbons (Fsp3) is 0.217.